The monoisotopic (exact) mass is 572 g/mol. The molecule has 0 atom stereocenters. The number of nitrogens with one attached hydrogen (secondary N) is 1. The van der Waals surface area contributed by atoms with Gasteiger partial charge in [0.25, 0.3) is 11.8 Å². The van der Waals surface area contributed by atoms with E-state index in [2.05, 4.69) is 21.2 Å². The summed E-state index contributed by atoms with van der Waals surface area (Å²) in [7, 11) is 0. The number of amides is 4. The molecule has 1 fully saturated rings. The molecule has 0 radical (unpaired) electrons. The largest absolute Gasteiger partial charge is 0.422 e. The van der Waals surface area contributed by atoms with Gasteiger partial charge in [-0.25, -0.2) is 14.5 Å². The van der Waals surface area contributed by atoms with Crippen LogP contribution in [-0.4, -0.2) is 23.8 Å². The molecule has 0 spiro atoms. The minimum atomic E-state index is -0.874. The zero-order chi connectivity index (χ0) is 25.3. The second-order valence-corrected chi connectivity index (χ2v) is 9.25. The number of halogens is 3. The smallest absolute Gasteiger partial charge is 0.345 e. The topological polar surface area (TPSA) is 92.8 Å². The molecule has 0 aliphatic carbocycles. The Kier molecular flexibility index (Phi) is 7.07. The van der Waals surface area contributed by atoms with Gasteiger partial charge in [0.2, 0.25) is 0 Å². The fraction of sp³-hybridized carbons (Fsp3) is 0.0400. The van der Waals surface area contributed by atoms with Crippen LogP contribution in [0.5, 0.6) is 5.75 Å². The van der Waals surface area contributed by atoms with Crippen molar-refractivity contribution in [2.24, 2.45) is 0 Å². The van der Waals surface area contributed by atoms with Crippen LogP contribution < -0.4 is 15.0 Å². The normalized spacial score (nSPS) is 14.8. The van der Waals surface area contributed by atoms with Gasteiger partial charge < -0.3 is 4.74 Å². The first-order valence-electron chi connectivity index (χ1n) is 10.1. The molecule has 0 bridgehead atoms. The summed E-state index contributed by atoms with van der Waals surface area (Å²) in [6.45, 7) is 1.87. The van der Waals surface area contributed by atoms with Crippen molar-refractivity contribution in [1.82, 2.24) is 5.32 Å². The maximum Gasteiger partial charge on any atom is 0.345 e. The molecule has 1 aliphatic heterocycles. The molecule has 3 aromatic carbocycles. The highest BCUT2D eigenvalue weighted by molar-refractivity contribution is 9.10. The first kappa shape index (κ1) is 24.7. The molecule has 35 heavy (non-hydrogen) atoms. The fourth-order valence-electron chi connectivity index (χ4n) is 3.28. The summed E-state index contributed by atoms with van der Waals surface area (Å²) >= 11 is 15.3. The third-order valence-electron chi connectivity index (χ3n) is 5.02. The molecule has 10 heteroatoms. The Labute approximate surface area is 218 Å². The van der Waals surface area contributed by atoms with Crippen LogP contribution >= 0.6 is 39.1 Å². The van der Waals surface area contributed by atoms with E-state index in [0.717, 1.165) is 10.5 Å². The number of nitrogens with zero attached hydrogens (tertiary/aromatic N) is 1. The molecule has 0 aromatic heterocycles. The lowest BCUT2D eigenvalue weighted by Gasteiger charge is -2.26. The van der Waals surface area contributed by atoms with E-state index < -0.39 is 23.8 Å². The third-order valence-corrected chi connectivity index (χ3v) is 6.06. The number of imide groups is 2. The molecule has 176 valence electrons. The van der Waals surface area contributed by atoms with Crippen molar-refractivity contribution in [3.05, 3.63) is 97.4 Å². The van der Waals surface area contributed by atoms with E-state index in [4.69, 9.17) is 27.9 Å². The molecule has 0 unspecified atom stereocenters. The Balaban J connectivity index is 1.71. The van der Waals surface area contributed by atoms with Crippen LogP contribution in [0.3, 0.4) is 0 Å². The van der Waals surface area contributed by atoms with Gasteiger partial charge in [0.15, 0.2) is 0 Å². The number of aryl methyl sites for hydroxylation is 1. The Morgan fingerprint density at radius 3 is 2.40 bits per heavy atom. The zero-order valence-corrected chi connectivity index (χ0v) is 21.1. The maximum absolute atomic E-state index is 13.2. The van der Waals surface area contributed by atoms with Gasteiger partial charge in [0, 0.05) is 15.1 Å². The lowest BCUT2D eigenvalue weighted by molar-refractivity contribution is -0.122. The van der Waals surface area contributed by atoms with Gasteiger partial charge in [-0.05, 0) is 61.5 Å². The summed E-state index contributed by atoms with van der Waals surface area (Å²) in [5, 5.41) is 2.63. The molecule has 1 saturated heterocycles. The van der Waals surface area contributed by atoms with Crippen molar-refractivity contribution in [3.63, 3.8) is 0 Å². The lowest BCUT2D eigenvalue weighted by atomic mass is 10.1. The van der Waals surface area contributed by atoms with Crippen LogP contribution in [0.1, 0.15) is 21.5 Å². The number of anilines is 1. The van der Waals surface area contributed by atoms with Crippen LogP contribution in [0.25, 0.3) is 6.08 Å². The first-order valence-corrected chi connectivity index (χ1v) is 11.6. The summed E-state index contributed by atoms with van der Waals surface area (Å²) in [5.41, 5.74) is 1.25. The molecule has 1 N–H and O–H groups in total. The molecular weight excluding hydrogens is 559 g/mol. The first-order chi connectivity index (χ1) is 16.6. The summed E-state index contributed by atoms with van der Waals surface area (Å²) < 4.78 is 6.11. The zero-order valence-electron chi connectivity index (χ0n) is 18.0. The predicted octanol–water partition coefficient (Wildman–Crippen LogP) is 5.95. The minimum absolute atomic E-state index is 0.0658. The van der Waals surface area contributed by atoms with Gasteiger partial charge in [0.05, 0.1) is 16.3 Å². The number of esters is 1. The Bertz CT molecular complexity index is 1420. The van der Waals surface area contributed by atoms with Crippen LogP contribution in [0.4, 0.5) is 10.5 Å². The number of urea groups is 1. The van der Waals surface area contributed by atoms with Crippen molar-refractivity contribution in [1.29, 1.82) is 0 Å². The van der Waals surface area contributed by atoms with Crippen molar-refractivity contribution in [2.75, 3.05) is 4.90 Å². The quantitative estimate of drug-likeness (QED) is 0.180. The number of ether oxygens (including phenoxy) is 1. The van der Waals surface area contributed by atoms with Crippen molar-refractivity contribution >= 4 is 74.7 Å². The molecule has 4 rings (SSSR count). The molecule has 3 aromatic rings. The number of hydrogen-bond acceptors (Lipinski definition) is 5. The van der Waals surface area contributed by atoms with E-state index in [1.807, 2.05) is 6.92 Å². The predicted molar refractivity (Wildman–Crippen MR) is 136 cm³/mol. The van der Waals surface area contributed by atoms with E-state index >= 15 is 0 Å². The summed E-state index contributed by atoms with van der Waals surface area (Å²) in [6, 6.07) is 14.8. The third kappa shape index (κ3) is 5.30. The minimum Gasteiger partial charge on any atom is -0.422 e. The highest BCUT2D eigenvalue weighted by atomic mass is 79.9. The number of carbonyl (C=O) groups excluding carboxylic acids is 4. The standard InChI is InChI=1S/C25H15BrCl2N2O5/c1-13-2-6-17(7-3-13)30-23(32)19(22(31)29-25(30)34)11-14-10-15(26)4-9-21(14)35-24(33)18-8-5-16(27)12-20(18)28/h2-12H,1H3,(H,29,31,34)/b19-11-. The molecule has 4 amide bonds. The van der Waals surface area contributed by atoms with Gasteiger partial charge in [-0.2, -0.15) is 0 Å². The van der Waals surface area contributed by atoms with Crippen molar-refractivity contribution in [2.45, 2.75) is 6.92 Å². The molecule has 1 heterocycles. The van der Waals surface area contributed by atoms with E-state index in [1.54, 1.807) is 36.4 Å². The summed E-state index contributed by atoms with van der Waals surface area (Å²) in [5.74, 6) is -2.39. The molecule has 7 nitrogen and oxygen atoms in total. The Morgan fingerprint density at radius 2 is 1.71 bits per heavy atom. The number of barbiturate groups is 1. The van der Waals surface area contributed by atoms with Crippen molar-refractivity contribution in [3.8, 4) is 5.75 Å². The molecule has 1 aliphatic rings. The number of benzene rings is 3. The second-order valence-electron chi connectivity index (χ2n) is 7.49. The maximum atomic E-state index is 13.2. The second kappa shape index (κ2) is 10.0. The number of carbonyl (C=O) groups is 4. The van der Waals surface area contributed by atoms with E-state index in [9.17, 15) is 19.2 Å². The van der Waals surface area contributed by atoms with E-state index in [0.29, 0.717) is 15.2 Å². The summed E-state index contributed by atoms with van der Waals surface area (Å²) in [6.07, 6.45) is 1.25. The molecule has 0 saturated carbocycles. The summed E-state index contributed by atoms with van der Waals surface area (Å²) in [4.78, 5) is 51.8. The lowest BCUT2D eigenvalue weighted by Crippen LogP contribution is -2.54. The van der Waals surface area contributed by atoms with Gasteiger partial charge in [0.1, 0.15) is 11.3 Å². The van der Waals surface area contributed by atoms with E-state index in [1.165, 1.54) is 30.3 Å². The average molecular weight is 574 g/mol. The van der Waals surface area contributed by atoms with Crippen LogP contribution in [0.2, 0.25) is 10.0 Å². The van der Waals surface area contributed by atoms with E-state index in [-0.39, 0.29) is 27.5 Å². The Hall–Kier alpha value is -3.46. The highest BCUT2D eigenvalue weighted by Crippen LogP contribution is 2.30. The van der Waals surface area contributed by atoms with Gasteiger partial charge >= 0.3 is 12.0 Å². The van der Waals surface area contributed by atoms with Crippen molar-refractivity contribution < 1.29 is 23.9 Å². The van der Waals surface area contributed by atoms with Crippen LogP contribution in [0.15, 0.2) is 70.7 Å². The fourth-order valence-corrected chi connectivity index (χ4v) is 4.14. The number of rotatable bonds is 4. The highest BCUT2D eigenvalue weighted by Gasteiger charge is 2.37. The van der Waals surface area contributed by atoms with Crippen LogP contribution in [0, 0.1) is 6.92 Å². The SMILES string of the molecule is Cc1ccc(N2C(=O)NC(=O)/C(=C/c3cc(Br)ccc3OC(=O)c3ccc(Cl)cc3Cl)C2=O)cc1. The molecular formula is C25H15BrCl2N2O5. The average Bonchev–Trinajstić information content (AvgIpc) is 2.79. The van der Waals surface area contributed by atoms with Gasteiger partial charge in [-0.15, -0.1) is 0 Å². The van der Waals surface area contributed by atoms with Crippen LogP contribution in [-0.2, 0) is 9.59 Å². The van der Waals surface area contributed by atoms with Gasteiger partial charge in [-0.3, -0.25) is 14.9 Å². The number of hydrogen-bond donors (Lipinski definition) is 1. The Morgan fingerprint density at radius 1 is 1.00 bits per heavy atom. The van der Waals surface area contributed by atoms with Gasteiger partial charge in [-0.1, -0.05) is 56.8 Å².